The van der Waals surface area contributed by atoms with Gasteiger partial charge in [-0.25, -0.2) is 0 Å². The third kappa shape index (κ3) is 2.05. The maximum Gasteiger partial charge on any atom is 0.260 e. The first-order chi connectivity index (χ1) is 8.49. The summed E-state index contributed by atoms with van der Waals surface area (Å²) in [6.07, 6.45) is 0. The molecule has 1 aromatic heterocycles. The molecule has 0 fully saturated rings. The largest absolute Gasteiger partial charge is 0.508 e. The molecule has 7 heteroatoms. The summed E-state index contributed by atoms with van der Waals surface area (Å²) in [5.41, 5.74) is 6.57. The summed E-state index contributed by atoms with van der Waals surface area (Å²) in [6, 6.07) is 3.66. The zero-order valence-corrected chi connectivity index (χ0v) is 9.56. The van der Waals surface area contributed by atoms with Crippen LogP contribution in [-0.2, 0) is 0 Å². The van der Waals surface area contributed by atoms with Gasteiger partial charge in [0.15, 0.2) is 5.82 Å². The minimum absolute atomic E-state index is 0.0601. The molecule has 1 aromatic carbocycles. The van der Waals surface area contributed by atoms with Crippen LogP contribution < -0.4 is 11.1 Å². The van der Waals surface area contributed by atoms with Crippen molar-refractivity contribution in [2.24, 2.45) is 0 Å². The number of nitrogen functional groups attached to an aromatic ring is 1. The topological polar surface area (TPSA) is 124 Å². The molecule has 2 rings (SSSR count). The molecule has 94 valence electrons. The van der Waals surface area contributed by atoms with E-state index >= 15 is 0 Å². The summed E-state index contributed by atoms with van der Waals surface area (Å²) in [5.74, 6) is -0.790. The SMILES string of the molecule is Cc1[nH]nc(NC(=O)c2cc(O)ccc2O)c1N. The number of nitrogens with two attached hydrogens (primary N) is 1. The summed E-state index contributed by atoms with van der Waals surface area (Å²) in [5, 5.41) is 27.7. The fraction of sp³-hybridized carbons (Fsp3) is 0.0909. The highest BCUT2D eigenvalue weighted by molar-refractivity contribution is 6.07. The van der Waals surface area contributed by atoms with Crippen LogP contribution in [0.15, 0.2) is 18.2 Å². The molecule has 0 unspecified atom stereocenters. The molecule has 0 aliphatic rings. The van der Waals surface area contributed by atoms with Gasteiger partial charge in [0.2, 0.25) is 0 Å². The number of hydrogen-bond acceptors (Lipinski definition) is 5. The molecule has 0 aliphatic carbocycles. The first-order valence-corrected chi connectivity index (χ1v) is 5.13. The molecule has 0 saturated heterocycles. The highest BCUT2D eigenvalue weighted by Gasteiger charge is 2.15. The van der Waals surface area contributed by atoms with Crippen molar-refractivity contribution in [3.8, 4) is 11.5 Å². The van der Waals surface area contributed by atoms with Crippen molar-refractivity contribution < 1.29 is 15.0 Å². The van der Waals surface area contributed by atoms with Gasteiger partial charge in [0.25, 0.3) is 5.91 Å². The number of benzene rings is 1. The number of phenols is 2. The Bertz CT molecular complexity index is 606. The Hall–Kier alpha value is -2.70. The molecule has 6 N–H and O–H groups in total. The van der Waals surface area contributed by atoms with Crippen molar-refractivity contribution in [1.82, 2.24) is 10.2 Å². The second kappa shape index (κ2) is 4.28. The molecule has 0 spiro atoms. The summed E-state index contributed by atoms with van der Waals surface area (Å²) >= 11 is 0. The minimum atomic E-state index is -0.610. The van der Waals surface area contributed by atoms with E-state index < -0.39 is 5.91 Å². The Labute approximate surface area is 102 Å². The number of phenolic OH excluding ortho intramolecular Hbond substituents is 2. The van der Waals surface area contributed by atoms with Gasteiger partial charge >= 0.3 is 0 Å². The van der Waals surface area contributed by atoms with Crippen molar-refractivity contribution >= 4 is 17.4 Å². The van der Waals surface area contributed by atoms with Crippen LogP contribution in [0.2, 0.25) is 0 Å². The van der Waals surface area contributed by atoms with Gasteiger partial charge in [0.05, 0.1) is 16.9 Å². The summed E-state index contributed by atoms with van der Waals surface area (Å²) in [6.45, 7) is 1.71. The Balaban J connectivity index is 2.27. The van der Waals surface area contributed by atoms with Crippen LogP contribution in [0.3, 0.4) is 0 Å². The number of aryl methyl sites for hydroxylation is 1. The average Bonchev–Trinajstić information content (AvgIpc) is 2.64. The third-order valence-electron chi connectivity index (χ3n) is 2.45. The van der Waals surface area contributed by atoms with Gasteiger partial charge in [-0.2, -0.15) is 5.10 Å². The van der Waals surface area contributed by atoms with Gasteiger partial charge in [0, 0.05) is 0 Å². The molecular formula is C11H12N4O3. The van der Waals surface area contributed by atoms with E-state index in [0.29, 0.717) is 11.4 Å². The Morgan fingerprint density at radius 2 is 2.17 bits per heavy atom. The lowest BCUT2D eigenvalue weighted by molar-refractivity contribution is 0.102. The molecule has 7 nitrogen and oxygen atoms in total. The minimum Gasteiger partial charge on any atom is -0.508 e. The van der Waals surface area contributed by atoms with Gasteiger partial charge in [-0.05, 0) is 25.1 Å². The molecule has 1 heterocycles. The number of H-pyrrole nitrogens is 1. The summed E-state index contributed by atoms with van der Waals surface area (Å²) < 4.78 is 0. The second-order valence-electron chi connectivity index (χ2n) is 3.77. The van der Waals surface area contributed by atoms with Crippen LogP contribution >= 0.6 is 0 Å². The van der Waals surface area contributed by atoms with Crippen molar-refractivity contribution in [2.75, 3.05) is 11.1 Å². The maximum atomic E-state index is 11.9. The van der Waals surface area contributed by atoms with Crippen LogP contribution in [0.1, 0.15) is 16.1 Å². The van der Waals surface area contributed by atoms with E-state index in [0.717, 1.165) is 6.07 Å². The molecule has 0 atom stereocenters. The monoisotopic (exact) mass is 248 g/mol. The van der Waals surface area contributed by atoms with Crippen LogP contribution in [0.5, 0.6) is 11.5 Å². The molecule has 0 saturated carbocycles. The summed E-state index contributed by atoms with van der Waals surface area (Å²) in [4.78, 5) is 11.9. The normalized spacial score (nSPS) is 10.3. The molecule has 0 radical (unpaired) electrons. The first kappa shape index (κ1) is 11.8. The Kier molecular flexibility index (Phi) is 2.80. The van der Waals surface area contributed by atoms with Crippen LogP contribution in [0.25, 0.3) is 0 Å². The highest BCUT2D eigenvalue weighted by atomic mass is 16.3. The van der Waals surface area contributed by atoms with E-state index in [1.807, 2.05) is 0 Å². The van der Waals surface area contributed by atoms with Crippen LogP contribution in [-0.4, -0.2) is 26.3 Å². The number of aromatic hydroxyl groups is 2. The van der Waals surface area contributed by atoms with Crippen molar-refractivity contribution in [2.45, 2.75) is 6.92 Å². The number of rotatable bonds is 2. The van der Waals surface area contributed by atoms with E-state index in [1.54, 1.807) is 6.92 Å². The van der Waals surface area contributed by atoms with Crippen LogP contribution in [0, 0.1) is 6.92 Å². The quantitative estimate of drug-likeness (QED) is 0.506. The number of amides is 1. The molecule has 2 aromatic rings. The number of aromatic amines is 1. The average molecular weight is 248 g/mol. The lowest BCUT2D eigenvalue weighted by atomic mass is 10.1. The third-order valence-corrected chi connectivity index (χ3v) is 2.45. The molecule has 0 aliphatic heterocycles. The second-order valence-corrected chi connectivity index (χ2v) is 3.77. The highest BCUT2D eigenvalue weighted by Crippen LogP contribution is 2.24. The van der Waals surface area contributed by atoms with Crippen LogP contribution in [0.4, 0.5) is 11.5 Å². The number of hydrogen-bond donors (Lipinski definition) is 5. The smallest absolute Gasteiger partial charge is 0.260 e. The number of anilines is 2. The molecule has 18 heavy (non-hydrogen) atoms. The van der Waals surface area contributed by atoms with Gasteiger partial charge in [-0.1, -0.05) is 0 Å². The lowest BCUT2D eigenvalue weighted by Crippen LogP contribution is -2.13. The van der Waals surface area contributed by atoms with E-state index in [2.05, 4.69) is 15.5 Å². The molecule has 0 bridgehead atoms. The van der Waals surface area contributed by atoms with Crippen molar-refractivity contribution in [3.05, 3.63) is 29.5 Å². The standard InChI is InChI=1S/C11H12N4O3/c1-5-9(12)10(15-14-5)13-11(18)7-4-6(16)2-3-8(7)17/h2-4,16-17H,12H2,1H3,(H2,13,14,15,18). The van der Waals surface area contributed by atoms with Gasteiger partial charge in [-0.3, -0.25) is 9.89 Å². The summed E-state index contributed by atoms with van der Waals surface area (Å²) in [7, 11) is 0. The fourth-order valence-electron chi connectivity index (χ4n) is 1.41. The maximum absolute atomic E-state index is 11.9. The predicted octanol–water partition coefficient (Wildman–Crippen LogP) is 0.964. The van der Waals surface area contributed by atoms with E-state index in [9.17, 15) is 15.0 Å². The number of nitrogens with one attached hydrogen (secondary N) is 2. The number of carbonyl (C=O) groups is 1. The van der Waals surface area contributed by atoms with Crippen molar-refractivity contribution in [3.63, 3.8) is 0 Å². The number of carbonyl (C=O) groups excluding carboxylic acids is 1. The van der Waals surface area contributed by atoms with E-state index in [1.165, 1.54) is 12.1 Å². The molecule has 1 amide bonds. The Morgan fingerprint density at radius 1 is 1.44 bits per heavy atom. The number of nitrogens with zero attached hydrogens (tertiary/aromatic N) is 1. The van der Waals surface area contributed by atoms with Gasteiger partial charge < -0.3 is 21.3 Å². The van der Waals surface area contributed by atoms with Crippen molar-refractivity contribution in [1.29, 1.82) is 0 Å². The van der Waals surface area contributed by atoms with Gasteiger partial charge in [-0.15, -0.1) is 0 Å². The van der Waals surface area contributed by atoms with Gasteiger partial charge in [0.1, 0.15) is 11.5 Å². The van der Waals surface area contributed by atoms with E-state index in [4.69, 9.17) is 5.73 Å². The zero-order valence-electron chi connectivity index (χ0n) is 9.56. The molecular weight excluding hydrogens is 236 g/mol. The van der Waals surface area contributed by atoms with E-state index in [-0.39, 0.29) is 22.9 Å². The lowest BCUT2D eigenvalue weighted by Gasteiger charge is -2.05. The fourth-order valence-corrected chi connectivity index (χ4v) is 1.41. The predicted molar refractivity (Wildman–Crippen MR) is 65.5 cm³/mol. The zero-order chi connectivity index (χ0) is 13.3. The first-order valence-electron chi connectivity index (χ1n) is 5.13. The Morgan fingerprint density at radius 3 is 2.78 bits per heavy atom. The number of aromatic nitrogens is 2.